The number of nitrogens with zero attached hydrogens (tertiary/aromatic N) is 1. The van der Waals surface area contributed by atoms with Gasteiger partial charge in [0.1, 0.15) is 0 Å². The van der Waals surface area contributed by atoms with Crippen molar-refractivity contribution in [3.8, 4) is 0 Å². The largest absolute Gasteiger partial charge is 0.481 e. The molecule has 1 fully saturated rings. The van der Waals surface area contributed by atoms with E-state index in [1.54, 1.807) is 0 Å². The number of rotatable bonds is 5. The lowest BCUT2D eigenvalue weighted by atomic mass is 9.87. The molecule has 1 unspecified atom stereocenters. The van der Waals surface area contributed by atoms with Crippen molar-refractivity contribution in [1.82, 2.24) is 10.2 Å². The number of nitrogens with one attached hydrogen (secondary N) is 1. The fourth-order valence-electron chi connectivity index (χ4n) is 2.51. The van der Waals surface area contributed by atoms with Gasteiger partial charge in [0.05, 0.1) is 0 Å². The fraction of sp³-hybridized carbons (Fsp3) is 0.857. The first-order chi connectivity index (χ1) is 8.90. The molecule has 1 atom stereocenters. The predicted octanol–water partition coefficient (Wildman–Crippen LogP) is 2.17. The van der Waals surface area contributed by atoms with Crippen LogP contribution in [0, 0.1) is 17.8 Å². The summed E-state index contributed by atoms with van der Waals surface area (Å²) in [5.74, 6) is 0.546. The molecule has 0 spiro atoms. The van der Waals surface area contributed by atoms with Crippen molar-refractivity contribution < 1.29 is 14.7 Å². The Morgan fingerprint density at radius 2 is 1.84 bits per heavy atom. The summed E-state index contributed by atoms with van der Waals surface area (Å²) < 4.78 is 0. The van der Waals surface area contributed by atoms with E-state index < -0.39 is 5.97 Å². The quantitative estimate of drug-likeness (QED) is 0.804. The third kappa shape index (κ3) is 5.49. The third-order valence-corrected chi connectivity index (χ3v) is 3.89. The molecule has 2 N–H and O–H groups in total. The van der Waals surface area contributed by atoms with Gasteiger partial charge in [0.25, 0.3) is 0 Å². The van der Waals surface area contributed by atoms with E-state index in [0.717, 1.165) is 31.8 Å². The average molecular weight is 270 g/mol. The van der Waals surface area contributed by atoms with Gasteiger partial charge in [-0.3, -0.25) is 4.79 Å². The molecule has 19 heavy (non-hydrogen) atoms. The maximum absolute atomic E-state index is 11.9. The molecule has 0 saturated carbocycles. The summed E-state index contributed by atoms with van der Waals surface area (Å²) in [5, 5.41) is 11.5. The van der Waals surface area contributed by atoms with E-state index in [-0.39, 0.29) is 18.4 Å². The molecule has 1 heterocycles. The molecular weight excluding hydrogens is 244 g/mol. The Bertz CT molecular complexity index is 310. The number of likely N-dealkylation sites (tertiary alicyclic amines) is 1. The molecule has 1 aliphatic rings. The molecule has 1 aliphatic heterocycles. The zero-order valence-electron chi connectivity index (χ0n) is 12.2. The van der Waals surface area contributed by atoms with Crippen LogP contribution in [0.2, 0.25) is 0 Å². The zero-order chi connectivity index (χ0) is 14.4. The number of carbonyl (C=O) groups excluding carboxylic acids is 1. The lowest BCUT2D eigenvalue weighted by Crippen LogP contribution is -2.46. The van der Waals surface area contributed by atoms with E-state index in [9.17, 15) is 9.59 Å². The molecule has 0 radical (unpaired) electrons. The van der Waals surface area contributed by atoms with Gasteiger partial charge in [0.2, 0.25) is 0 Å². The van der Waals surface area contributed by atoms with Gasteiger partial charge >= 0.3 is 12.0 Å². The van der Waals surface area contributed by atoms with Crippen LogP contribution in [-0.2, 0) is 4.79 Å². The predicted molar refractivity (Wildman–Crippen MR) is 74.0 cm³/mol. The highest BCUT2D eigenvalue weighted by Crippen LogP contribution is 2.24. The first-order valence-electron chi connectivity index (χ1n) is 7.14. The Hall–Kier alpha value is -1.26. The molecule has 5 heteroatoms. The van der Waals surface area contributed by atoms with Crippen LogP contribution < -0.4 is 5.32 Å². The van der Waals surface area contributed by atoms with Gasteiger partial charge in [0.15, 0.2) is 0 Å². The highest BCUT2D eigenvalue weighted by atomic mass is 16.4. The summed E-state index contributed by atoms with van der Waals surface area (Å²) in [6.07, 6.45) is 2.22. The molecule has 0 aromatic carbocycles. The van der Waals surface area contributed by atoms with Crippen LogP contribution in [0.4, 0.5) is 4.79 Å². The Morgan fingerprint density at radius 3 is 2.32 bits per heavy atom. The molecule has 0 aliphatic carbocycles. The normalized spacial score (nSPS) is 18.4. The van der Waals surface area contributed by atoms with Crippen LogP contribution in [0.5, 0.6) is 0 Å². The van der Waals surface area contributed by atoms with E-state index in [2.05, 4.69) is 19.2 Å². The summed E-state index contributed by atoms with van der Waals surface area (Å²) in [4.78, 5) is 24.3. The van der Waals surface area contributed by atoms with Crippen LogP contribution in [-0.4, -0.2) is 41.6 Å². The van der Waals surface area contributed by atoms with E-state index in [1.807, 2.05) is 11.8 Å². The summed E-state index contributed by atoms with van der Waals surface area (Å²) in [7, 11) is 0. The number of urea groups is 1. The van der Waals surface area contributed by atoms with E-state index in [4.69, 9.17) is 5.11 Å². The summed E-state index contributed by atoms with van der Waals surface area (Å²) >= 11 is 0. The Kier molecular flexibility index (Phi) is 6.12. The number of piperidine rings is 1. The van der Waals surface area contributed by atoms with Crippen LogP contribution in [0.1, 0.15) is 40.0 Å². The van der Waals surface area contributed by atoms with Gasteiger partial charge in [-0.25, -0.2) is 4.79 Å². The minimum atomic E-state index is -0.820. The molecule has 0 bridgehead atoms. The molecule has 1 rings (SSSR count). The van der Waals surface area contributed by atoms with Crippen LogP contribution in [0.3, 0.4) is 0 Å². The lowest BCUT2D eigenvalue weighted by Gasteiger charge is -2.34. The van der Waals surface area contributed by atoms with Crippen molar-refractivity contribution >= 4 is 12.0 Å². The summed E-state index contributed by atoms with van der Waals surface area (Å²) in [6, 6.07) is -0.0561. The second kappa shape index (κ2) is 7.36. The van der Waals surface area contributed by atoms with E-state index >= 15 is 0 Å². The molecule has 5 nitrogen and oxygen atoms in total. The van der Waals surface area contributed by atoms with Gasteiger partial charge in [-0.2, -0.15) is 0 Å². The van der Waals surface area contributed by atoms with Gasteiger partial charge in [-0.05, 0) is 30.6 Å². The van der Waals surface area contributed by atoms with Crippen molar-refractivity contribution in [2.75, 3.05) is 19.6 Å². The minimum Gasteiger partial charge on any atom is -0.481 e. The molecule has 1 saturated heterocycles. The third-order valence-electron chi connectivity index (χ3n) is 3.89. The Morgan fingerprint density at radius 1 is 1.26 bits per heavy atom. The van der Waals surface area contributed by atoms with Crippen molar-refractivity contribution in [1.29, 1.82) is 0 Å². The van der Waals surface area contributed by atoms with Crippen LogP contribution >= 0.6 is 0 Å². The second-order valence-electron chi connectivity index (χ2n) is 5.96. The van der Waals surface area contributed by atoms with Gasteiger partial charge in [-0.15, -0.1) is 0 Å². The number of carbonyl (C=O) groups is 2. The van der Waals surface area contributed by atoms with Crippen molar-refractivity contribution in [3.05, 3.63) is 0 Å². The smallest absolute Gasteiger partial charge is 0.317 e. The second-order valence-corrected chi connectivity index (χ2v) is 5.96. The molecule has 110 valence electrons. The number of carboxylic acid groups (broad SMARTS) is 1. The standard InChI is InChI=1S/C14H26N2O3/c1-10(2)12-4-6-16(7-5-12)14(19)15-9-11(3)8-13(17)18/h10-12H,4-9H2,1-3H3,(H,15,19)(H,17,18). The topological polar surface area (TPSA) is 69.6 Å². The van der Waals surface area contributed by atoms with Crippen molar-refractivity contribution in [2.45, 2.75) is 40.0 Å². The lowest BCUT2D eigenvalue weighted by molar-refractivity contribution is -0.137. The number of hydrogen-bond donors (Lipinski definition) is 2. The number of carboxylic acids is 1. The molecular formula is C14H26N2O3. The minimum absolute atomic E-state index is 0.0327. The van der Waals surface area contributed by atoms with E-state index in [0.29, 0.717) is 12.5 Å². The number of hydrogen-bond acceptors (Lipinski definition) is 2. The summed E-state index contributed by atoms with van der Waals surface area (Å²) in [6.45, 7) is 8.33. The SMILES string of the molecule is CC(CNC(=O)N1CCC(C(C)C)CC1)CC(=O)O. The van der Waals surface area contributed by atoms with Crippen molar-refractivity contribution in [2.24, 2.45) is 17.8 Å². The first-order valence-corrected chi connectivity index (χ1v) is 7.14. The number of amides is 2. The van der Waals surface area contributed by atoms with Gasteiger partial charge < -0.3 is 15.3 Å². The number of aliphatic carboxylic acids is 1. The van der Waals surface area contributed by atoms with Gasteiger partial charge in [0, 0.05) is 26.1 Å². The molecule has 0 aromatic rings. The van der Waals surface area contributed by atoms with Crippen molar-refractivity contribution in [3.63, 3.8) is 0 Å². The summed E-state index contributed by atoms with van der Waals surface area (Å²) in [5.41, 5.74) is 0. The molecule has 2 amide bonds. The van der Waals surface area contributed by atoms with Crippen LogP contribution in [0.25, 0.3) is 0 Å². The monoisotopic (exact) mass is 270 g/mol. The van der Waals surface area contributed by atoms with Crippen LogP contribution in [0.15, 0.2) is 0 Å². The Labute approximate surface area is 115 Å². The molecule has 0 aromatic heterocycles. The first kappa shape index (κ1) is 15.8. The fourth-order valence-corrected chi connectivity index (χ4v) is 2.51. The maximum Gasteiger partial charge on any atom is 0.317 e. The zero-order valence-corrected chi connectivity index (χ0v) is 12.2. The maximum atomic E-state index is 11.9. The highest BCUT2D eigenvalue weighted by molar-refractivity contribution is 5.74. The average Bonchev–Trinajstić information content (AvgIpc) is 2.35. The van der Waals surface area contributed by atoms with Gasteiger partial charge in [-0.1, -0.05) is 20.8 Å². The highest BCUT2D eigenvalue weighted by Gasteiger charge is 2.24. The van der Waals surface area contributed by atoms with E-state index in [1.165, 1.54) is 0 Å². The Balaban J connectivity index is 2.26.